The normalized spacial score (nSPS) is 18.2. The van der Waals surface area contributed by atoms with Crippen LogP contribution < -0.4 is 9.80 Å². The molecular formula is C41H42F3N7O. The lowest BCUT2D eigenvalue weighted by Crippen LogP contribution is -2.32. The second kappa shape index (κ2) is 13.6. The van der Waals surface area contributed by atoms with Gasteiger partial charge in [-0.25, -0.2) is 14.5 Å². The van der Waals surface area contributed by atoms with Gasteiger partial charge in [0.15, 0.2) is 17.0 Å². The standard InChI is InChI=1S/C41H42F3N7O/c1-25(2)27-12-14-28(15-13-27)34-23-36(41(42,43)44)50-37(45-34)24-35(46-50)40(52)51-39(29-16-20-32(21-17-29)49(5)6)33-9-7-8-30(38(33)47-51)22-26-10-18-31(19-11-26)48(3)4/h10-25,33,39H,7-9H2,1-6H3/b30-22-. The molecule has 1 aliphatic carbocycles. The van der Waals surface area contributed by atoms with E-state index in [1.165, 1.54) is 11.1 Å². The van der Waals surface area contributed by atoms with Crippen LogP contribution in [-0.2, 0) is 6.18 Å². The molecule has 2 aliphatic rings. The van der Waals surface area contributed by atoms with Crippen molar-refractivity contribution in [3.05, 3.63) is 119 Å². The lowest BCUT2D eigenvalue weighted by molar-refractivity contribution is -0.142. The Balaban J connectivity index is 1.31. The summed E-state index contributed by atoms with van der Waals surface area (Å²) in [6, 6.07) is 25.4. The summed E-state index contributed by atoms with van der Waals surface area (Å²) in [6.45, 7) is 4.10. The lowest BCUT2D eigenvalue weighted by atomic mass is 9.77. The molecule has 0 spiro atoms. The van der Waals surface area contributed by atoms with Crippen LogP contribution in [0.4, 0.5) is 24.5 Å². The Kier molecular flexibility index (Phi) is 9.14. The van der Waals surface area contributed by atoms with Crippen molar-refractivity contribution in [2.75, 3.05) is 38.0 Å². The number of anilines is 2. The van der Waals surface area contributed by atoms with Gasteiger partial charge in [-0.1, -0.05) is 62.4 Å². The van der Waals surface area contributed by atoms with Crippen molar-refractivity contribution in [2.45, 2.75) is 51.2 Å². The molecule has 8 nitrogen and oxygen atoms in total. The van der Waals surface area contributed by atoms with Crippen molar-refractivity contribution in [2.24, 2.45) is 11.0 Å². The first-order chi connectivity index (χ1) is 24.8. The fourth-order valence-electron chi connectivity index (χ4n) is 7.13. The predicted molar refractivity (Wildman–Crippen MR) is 201 cm³/mol. The van der Waals surface area contributed by atoms with Gasteiger partial charge >= 0.3 is 6.18 Å². The molecule has 0 saturated heterocycles. The summed E-state index contributed by atoms with van der Waals surface area (Å²) in [6.07, 6.45) is -0.0983. The fraction of sp³-hybridized carbons (Fsp3) is 0.317. The fourth-order valence-corrected chi connectivity index (χ4v) is 7.13. The molecule has 0 N–H and O–H groups in total. The molecule has 1 aliphatic heterocycles. The van der Waals surface area contributed by atoms with E-state index < -0.39 is 23.8 Å². The highest BCUT2D eigenvalue weighted by molar-refractivity contribution is 6.09. The minimum absolute atomic E-state index is 0.0704. The van der Waals surface area contributed by atoms with Crippen molar-refractivity contribution in [1.82, 2.24) is 19.6 Å². The van der Waals surface area contributed by atoms with Gasteiger partial charge in [-0.15, -0.1) is 0 Å². The summed E-state index contributed by atoms with van der Waals surface area (Å²) in [7, 11) is 7.92. The maximum Gasteiger partial charge on any atom is 0.433 e. The van der Waals surface area contributed by atoms with Crippen molar-refractivity contribution >= 4 is 34.7 Å². The van der Waals surface area contributed by atoms with Crippen LogP contribution in [0.5, 0.6) is 0 Å². The number of amides is 1. The molecule has 7 rings (SSSR count). The van der Waals surface area contributed by atoms with Gasteiger partial charge < -0.3 is 9.80 Å². The first kappa shape index (κ1) is 35.0. The molecule has 2 aromatic heterocycles. The summed E-state index contributed by atoms with van der Waals surface area (Å²) in [5.74, 6) is -0.413. The van der Waals surface area contributed by atoms with Crippen LogP contribution in [0, 0.1) is 5.92 Å². The maximum atomic E-state index is 14.5. The molecule has 2 atom stereocenters. The largest absolute Gasteiger partial charge is 0.433 e. The minimum atomic E-state index is -4.75. The Labute approximate surface area is 301 Å². The van der Waals surface area contributed by atoms with Crippen LogP contribution in [0.25, 0.3) is 23.0 Å². The van der Waals surface area contributed by atoms with Crippen LogP contribution in [-0.4, -0.2) is 59.4 Å². The van der Waals surface area contributed by atoms with Crippen LogP contribution in [0.2, 0.25) is 0 Å². The van der Waals surface area contributed by atoms with Crippen LogP contribution in [0.1, 0.15) is 77.9 Å². The molecule has 3 aromatic carbocycles. The van der Waals surface area contributed by atoms with E-state index in [2.05, 4.69) is 54.3 Å². The van der Waals surface area contributed by atoms with Crippen molar-refractivity contribution in [1.29, 1.82) is 0 Å². The molecule has 3 heterocycles. The molecule has 2 unspecified atom stereocenters. The summed E-state index contributed by atoms with van der Waals surface area (Å²) in [5, 5.41) is 10.6. The third kappa shape index (κ3) is 6.67. The number of carbonyl (C=O) groups excluding carboxylic acids is 1. The van der Waals surface area contributed by atoms with Crippen LogP contribution >= 0.6 is 0 Å². The smallest absolute Gasteiger partial charge is 0.378 e. The minimum Gasteiger partial charge on any atom is -0.378 e. The summed E-state index contributed by atoms with van der Waals surface area (Å²) in [5.41, 5.74) is 6.40. The van der Waals surface area contributed by atoms with Gasteiger partial charge in [0, 0.05) is 57.1 Å². The lowest BCUT2D eigenvalue weighted by Gasteiger charge is -2.29. The second-order valence-electron chi connectivity index (χ2n) is 14.3. The third-order valence-electron chi connectivity index (χ3n) is 10.0. The monoisotopic (exact) mass is 705 g/mol. The van der Waals surface area contributed by atoms with Gasteiger partial charge in [-0.3, -0.25) is 4.79 Å². The highest BCUT2D eigenvalue weighted by Crippen LogP contribution is 2.45. The first-order valence-electron chi connectivity index (χ1n) is 17.5. The molecule has 11 heteroatoms. The molecule has 0 radical (unpaired) electrons. The van der Waals surface area contributed by atoms with Crippen molar-refractivity contribution < 1.29 is 18.0 Å². The predicted octanol–water partition coefficient (Wildman–Crippen LogP) is 9.11. The number of fused-ring (bicyclic) bond motifs is 2. The van der Waals surface area contributed by atoms with Crippen LogP contribution in [0.15, 0.2) is 95.6 Å². The average Bonchev–Trinajstić information content (AvgIpc) is 3.74. The highest BCUT2D eigenvalue weighted by Gasteiger charge is 2.45. The molecule has 52 heavy (non-hydrogen) atoms. The SMILES string of the molecule is CC(C)c1ccc(-c2cc(C(F)(F)F)n3nc(C(=O)N4N=C5/C(=C\c6ccc(N(C)C)cc6)CCCC5C4c4ccc(N(C)C)cc4)cc3n2)cc1. The summed E-state index contributed by atoms with van der Waals surface area (Å²) < 4.78 is 44.3. The number of hydrogen-bond acceptors (Lipinski definition) is 6. The van der Waals surface area contributed by atoms with Gasteiger partial charge in [-0.05, 0) is 83.9 Å². The zero-order valence-corrected chi connectivity index (χ0v) is 30.2. The zero-order chi connectivity index (χ0) is 36.9. The van der Waals surface area contributed by atoms with Gasteiger partial charge in [-0.2, -0.15) is 23.4 Å². The van der Waals surface area contributed by atoms with E-state index in [1.54, 1.807) is 12.1 Å². The number of rotatable bonds is 7. The Morgan fingerprint density at radius 1 is 0.885 bits per heavy atom. The Bertz CT molecular complexity index is 2160. The third-order valence-corrected chi connectivity index (χ3v) is 10.0. The molecule has 1 saturated carbocycles. The number of alkyl halides is 3. The van der Waals surface area contributed by atoms with Gasteiger partial charge in [0.05, 0.1) is 17.4 Å². The molecule has 268 valence electrons. The zero-order valence-electron chi connectivity index (χ0n) is 30.2. The van der Waals surface area contributed by atoms with E-state index >= 15 is 0 Å². The maximum absolute atomic E-state index is 14.5. The number of hydrogen-bond donors (Lipinski definition) is 0. The van der Waals surface area contributed by atoms with Crippen LogP contribution in [0.3, 0.4) is 0 Å². The summed E-state index contributed by atoms with van der Waals surface area (Å²) >= 11 is 0. The molecule has 0 bridgehead atoms. The Morgan fingerprint density at radius 3 is 2.12 bits per heavy atom. The first-order valence-corrected chi connectivity index (χ1v) is 17.5. The van der Waals surface area contributed by atoms with E-state index in [-0.39, 0.29) is 28.9 Å². The Morgan fingerprint density at radius 2 is 1.52 bits per heavy atom. The molecular weight excluding hydrogens is 663 g/mol. The van der Waals surface area contributed by atoms with E-state index in [0.29, 0.717) is 5.56 Å². The number of allylic oxidation sites excluding steroid dienone is 1. The molecule has 1 fully saturated rings. The highest BCUT2D eigenvalue weighted by atomic mass is 19.4. The average molecular weight is 706 g/mol. The van der Waals surface area contributed by atoms with Gasteiger partial charge in [0.2, 0.25) is 0 Å². The Hall–Kier alpha value is -5.45. The van der Waals surface area contributed by atoms with E-state index in [4.69, 9.17) is 5.10 Å². The van der Waals surface area contributed by atoms with E-state index in [9.17, 15) is 18.0 Å². The number of hydrazone groups is 1. The molecule has 1 amide bonds. The van der Waals surface area contributed by atoms with Gasteiger partial charge in [0.25, 0.3) is 5.91 Å². The number of halogens is 3. The number of aromatic nitrogens is 3. The van der Waals surface area contributed by atoms with E-state index in [1.807, 2.05) is 74.4 Å². The topological polar surface area (TPSA) is 69.3 Å². The molecule has 5 aromatic rings. The summed E-state index contributed by atoms with van der Waals surface area (Å²) in [4.78, 5) is 23.1. The quantitative estimate of drug-likeness (QED) is 0.169. The van der Waals surface area contributed by atoms with Gasteiger partial charge in [0.1, 0.15) is 0 Å². The van der Waals surface area contributed by atoms with E-state index in [0.717, 1.165) is 69.2 Å². The number of nitrogens with zero attached hydrogens (tertiary/aromatic N) is 7. The number of benzene rings is 3. The van der Waals surface area contributed by atoms with Crippen molar-refractivity contribution in [3.8, 4) is 11.3 Å². The number of carbonyl (C=O) groups is 1. The second-order valence-corrected chi connectivity index (χ2v) is 14.3. The van der Waals surface area contributed by atoms with Crippen molar-refractivity contribution in [3.63, 3.8) is 0 Å².